The van der Waals surface area contributed by atoms with Gasteiger partial charge in [-0.05, 0) is 18.2 Å². The Labute approximate surface area is 106 Å². The molecule has 1 atom stereocenters. The molecule has 17 heavy (non-hydrogen) atoms. The largest absolute Gasteiger partial charge is 0.496 e. The molecule has 1 aromatic carbocycles. The second-order valence-corrected chi connectivity index (χ2v) is 4.34. The van der Waals surface area contributed by atoms with Crippen molar-refractivity contribution in [3.63, 3.8) is 0 Å². The normalized spacial score (nSPS) is 18.3. The third kappa shape index (κ3) is 3.10. The summed E-state index contributed by atoms with van der Waals surface area (Å²) in [6.45, 7) is 1.26. The number of rotatable bonds is 4. The Morgan fingerprint density at radius 2 is 2.18 bits per heavy atom. The Kier molecular flexibility index (Phi) is 4.23. The summed E-state index contributed by atoms with van der Waals surface area (Å²) >= 11 is 5.96. The molecule has 0 spiro atoms. The molecule has 1 heterocycles. The van der Waals surface area contributed by atoms with Crippen LogP contribution in [-0.4, -0.2) is 26.6 Å². The number of halogens is 1. The maximum Gasteiger partial charge on any atom is 0.159 e. The molecule has 94 valence electrons. The van der Waals surface area contributed by atoms with Crippen molar-refractivity contribution < 1.29 is 14.2 Å². The number of methoxy groups -OCH3 is 1. The lowest BCUT2D eigenvalue weighted by atomic mass is 10.0. The van der Waals surface area contributed by atoms with Gasteiger partial charge in [0.2, 0.25) is 0 Å². The lowest BCUT2D eigenvalue weighted by Gasteiger charge is -2.18. The summed E-state index contributed by atoms with van der Waals surface area (Å²) in [4.78, 5) is 0. The Morgan fingerprint density at radius 3 is 2.82 bits per heavy atom. The van der Waals surface area contributed by atoms with Gasteiger partial charge in [-0.3, -0.25) is 0 Å². The summed E-state index contributed by atoms with van der Waals surface area (Å²) in [5.41, 5.74) is 7.00. The predicted octanol–water partition coefficient (Wildman–Crippen LogP) is 2.11. The topological polar surface area (TPSA) is 53.7 Å². The first-order valence-electron chi connectivity index (χ1n) is 5.53. The number of hydrogen-bond donors (Lipinski definition) is 1. The van der Waals surface area contributed by atoms with Gasteiger partial charge in [0.25, 0.3) is 0 Å². The van der Waals surface area contributed by atoms with Gasteiger partial charge >= 0.3 is 0 Å². The van der Waals surface area contributed by atoms with Crippen molar-refractivity contribution >= 4 is 11.6 Å². The molecule has 1 fully saturated rings. The zero-order valence-corrected chi connectivity index (χ0v) is 10.4. The molecule has 0 aliphatic carbocycles. The second-order valence-electron chi connectivity index (χ2n) is 3.90. The van der Waals surface area contributed by atoms with Crippen LogP contribution in [0.1, 0.15) is 18.0 Å². The van der Waals surface area contributed by atoms with Crippen LogP contribution >= 0.6 is 11.6 Å². The van der Waals surface area contributed by atoms with E-state index in [1.54, 1.807) is 13.2 Å². The summed E-state index contributed by atoms with van der Waals surface area (Å²) in [5, 5.41) is 0.643. The summed E-state index contributed by atoms with van der Waals surface area (Å²) in [5.74, 6) is 0.736. The molecule has 2 rings (SSSR count). The highest BCUT2D eigenvalue weighted by Gasteiger charge is 2.22. The molecular weight excluding hydrogens is 242 g/mol. The smallest absolute Gasteiger partial charge is 0.159 e. The van der Waals surface area contributed by atoms with E-state index in [0.717, 1.165) is 11.3 Å². The summed E-state index contributed by atoms with van der Waals surface area (Å²) < 4.78 is 16.0. The average molecular weight is 258 g/mol. The van der Waals surface area contributed by atoms with Gasteiger partial charge in [-0.25, -0.2) is 0 Å². The summed E-state index contributed by atoms with van der Waals surface area (Å²) in [6, 6.07) is 5.19. The van der Waals surface area contributed by atoms with Crippen molar-refractivity contribution in [2.45, 2.75) is 18.8 Å². The first-order valence-corrected chi connectivity index (χ1v) is 5.90. The van der Waals surface area contributed by atoms with Gasteiger partial charge in [0.15, 0.2) is 6.29 Å². The Bertz CT molecular complexity index is 380. The monoisotopic (exact) mass is 257 g/mol. The van der Waals surface area contributed by atoms with Crippen LogP contribution in [0.2, 0.25) is 5.02 Å². The third-order valence-electron chi connectivity index (χ3n) is 2.73. The van der Waals surface area contributed by atoms with Crippen LogP contribution in [0, 0.1) is 0 Å². The molecule has 0 saturated carbocycles. The van der Waals surface area contributed by atoms with E-state index in [2.05, 4.69) is 0 Å². The minimum absolute atomic E-state index is 0.216. The van der Waals surface area contributed by atoms with Gasteiger partial charge < -0.3 is 19.9 Å². The lowest BCUT2D eigenvalue weighted by Crippen LogP contribution is -2.20. The zero-order valence-electron chi connectivity index (χ0n) is 9.69. The van der Waals surface area contributed by atoms with Crippen LogP contribution in [0.25, 0.3) is 0 Å². The van der Waals surface area contributed by atoms with Gasteiger partial charge in [-0.2, -0.15) is 0 Å². The van der Waals surface area contributed by atoms with Crippen LogP contribution in [-0.2, 0) is 9.47 Å². The van der Waals surface area contributed by atoms with Crippen molar-refractivity contribution in [2.75, 3.05) is 20.3 Å². The average Bonchev–Trinajstić information content (AvgIpc) is 2.81. The number of benzene rings is 1. The van der Waals surface area contributed by atoms with E-state index in [9.17, 15) is 0 Å². The van der Waals surface area contributed by atoms with Crippen LogP contribution in [0.5, 0.6) is 5.75 Å². The van der Waals surface area contributed by atoms with E-state index in [0.29, 0.717) is 24.7 Å². The quantitative estimate of drug-likeness (QED) is 0.898. The molecule has 1 saturated heterocycles. The molecule has 1 unspecified atom stereocenters. The minimum atomic E-state index is -0.228. The molecule has 0 aromatic heterocycles. The van der Waals surface area contributed by atoms with Gasteiger partial charge in [-0.15, -0.1) is 0 Å². The molecule has 0 bridgehead atoms. The van der Waals surface area contributed by atoms with E-state index in [-0.39, 0.29) is 12.3 Å². The fourth-order valence-electron chi connectivity index (χ4n) is 1.87. The molecule has 0 amide bonds. The fourth-order valence-corrected chi connectivity index (χ4v) is 2.05. The molecule has 1 aliphatic heterocycles. The molecule has 1 aromatic rings. The van der Waals surface area contributed by atoms with Crippen LogP contribution in [0.15, 0.2) is 18.2 Å². The van der Waals surface area contributed by atoms with Gasteiger partial charge in [0, 0.05) is 23.0 Å². The van der Waals surface area contributed by atoms with Crippen molar-refractivity contribution in [1.82, 2.24) is 0 Å². The van der Waals surface area contributed by atoms with E-state index in [1.165, 1.54) is 0 Å². The Balaban J connectivity index is 2.11. The molecular formula is C12H16ClNO3. The second kappa shape index (κ2) is 5.69. The Morgan fingerprint density at radius 1 is 1.47 bits per heavy atom. The van der Waals surface area contributed by atoms with Crippen molar-refractivity contribution in [1.29, 1.82) is 0 Å². The molecule has 4 nitrogen and oxygen atoms in total. The zero-order chi connectivity index (χ0) is 12.3. The van der Waals surface area contributed by atoms with Crippen LogP contribution < -0.4 is 10.5 Å². The van der Waals surface area contributed by atoms with Crippen molar-refractivity contribution in [3.8, 4) is 5.75 Å². The summed E-state index contributed by atoms with van der Waals surface area (Å²) in [7, 11) is 1.61. The first-order chi connectivity index (χ1) is 8.20. The van der Waals surface area contributed by atoms with Gasteiger partial charge in [0.05, 0.1) is 20.3 Å². The molecule has 0 radical (unpaired) electrons. The number of nitrogens with two attached hydrogens (primary N) is 1. The first kappa shape index (κ1) is 12.6. The SMILES string of the molecule is COc1ccc(Cl)cc1C(N)CC1OCCO1. The standard InChI is InChI=1S/C12H16ClNO3/c1-15-11-3-2-8(13)6-9(11)10(14)7-12-16-4-5-17-12/h2-3,6,10,12H,4-5,7,14H2,1H3. The number of hydrogen-bond acceptors (Lipinski definition) is 4. The fraction of sp³-hybridized carbons (Fsp3) is 0.500. The van der Waals surface area contributed by atoms with E-state index in [1.807, 2.05) is 12.1 Å². The highest BCUT2D eigenvalue weighted by Crippen LogP contribution is 2.30. The maximum atomic E-state index is 6.12. The molecule has 2 N–H and O–H groups in total. The number of ether oxygens (including phenoxy) is 3. The molecule has 1 aliphatic rings. The minimum Gasteiger partial charge on any atom is -0.496 e. The van der Waals surface area contributed by atoms with Crippen molar-refractivity contribution in [3.05, 3.63) is 28.8 Å². The van der Waals surface area contributed by atoms with Crippen molar-refractivity contribution in [2.24, 2.45) is 5.73 Å². The maximum absolute atomic E-state index is 6.12. The highest BCUT2D eigenvalue weighted by molar-refractivity contribution is 6.30. The highest BCUT2D eigenvalue weighted by atomic mass is 35.5. The Hall–Kier alpha value is -0.810. The summed E-state index contributed by atoms with van der Waals surface area (Å²) in [6.07, 6.45) is 0.366. The van der Waals surface area contributed by atoms with Gasteiger partial charge in [0.1, 0.15) is 5.75 Å². The predicted molar refractivity (Wildman–Crippen MR) is 65.2 cm³/mol. The van der Waals surface area contributed by atoms with Crippen LogP contribution in [0.3, 0.4) is 0 Å². The van der Waals surface area contributed by atoms with E-state index < -0.39 is 0 Å². The lowest BCUT2D eigenvalue weighted by molar-refractivity contribution is -0.0508. The van der Waals surface area contributed by atoms with E-state index >= 15 is 0 Å². The van der Waals surface area contributed by atoms with E-state index in [4.69, 9.17) is 31.5 Å². The van der Waals surface area contributed by atoms with Crippen LogP contribution in [0.4, 0.5) is 0 Å². The molecule has 5 heteroatoms. The third-order valence-corrected chi connectivity index (χ3v) is 2.96. The van der Waals surface area contributed by atoms with Gasteiger partial charge in [-0.1, -0.05) is 11.6 Å².